The summed E-state index contributed by atoms with van der Waals surface area (Å²) in [5, 5.41) is 3.03. The summed E-state index contributed by atoms with van der Waals surface area (Å²) in [5.41, 5.74) is -0.0737. The average molecular weight is 568 g/mol. The van der Waals surface area contributed by atoms with Crippen molar-refractivity contribution in [3.8, 4) is 0 Å². The molecule has 0 saturated heterocycles. The number of sulfonamides is 1. The third kappa shape index (κ3) is 8.98. The maximum absolute atomic E-state index is 13.3. The van der Waals surface area contributed by atoms with E-state index in [0.717, 1.165) is 60.0 Å². The SMILES string of the molecule is CC(C(=O)NC1CCCC1)N(CCc1ccccc1)C(=O)CCCN(c1cccc(C(F)(F)F)c1)S(C)(=O)=O. The Kier molecular flexibility index (Phi) is 10.4. The molecule has 2 aromatic carbocycles. The molecule has 2 amide bonds. The highest BCUT2D eigenvalue weighted by atomic mass is 32.2. The van der Waals surface area contributed by atoms with Gasteiger partial charge < -0.3 is 10.2 Å². The summed E-state index contributed by atoms with van der Waals surface area (Å²) in [5.74, 6) is -0.553. The van der Waals surface area contributed by atoms with Gasteiger partial charge >= 0.3 is 6.18 Å². The highest BCUT2D eigenvalue weighted by Crippen LogP contribution is 2.32. The lowest BCUT2D eigenvalue weighted by atomic mass is 10.1. The van der Waals surface area contributed by atoms with Crippen molar-refractivity contribution in [2.24, 2.45) is 0 Å². The Morgan fingerprint density at radius 1 is 1.03 bits per heavy atom. The lowest BCUT2D eigenvalue weighted by Gasteiger charge is -2.30. The van der Waals surface area contributed by atoms with Crippen LogP contribution in [0.2, 0.25) is 0 Å². The predicted octanol–water partition coefficient (Wildman–Crippen LogP) is 4.77. The fourth-order valence-corrected chi connectivity index (χ4v) is 5.76. The van der Waals surface area contributed by atoms with Gasteiger partial charge in [0.15, 0.2) is 0 Å². The van der Waals surface area contributed by atoms with E-state index in [4.69, 9.17) is 0 Å². The first kappa shape index (κ1) is 30.5. The summed E-state index contributed by atoms with van der Waals surface area (Å²) in [4.78, 5) is 27.8. The molecular weight excluding hydrogens is 531 g/mol. The van der Waals surface area contributed by atoms with Gasteiger partial charge in [-0.1, -0.05) is 49.2 Å². The summed E-state index contributed by atoms with van der Waals surface area (Å²) in [6.45, 7) is 1.80. The lowest BCUT2D eigenvalue weighted by molar-refractivity contribution is -0.140. The largest absolute Gasteiger partial charge is 0.416 e. The second-order valence-electron chi connectivity index (χ2n) is 9.98. The molecule has 1 aliphatic rings. The van der Waals surface area contributed by atoms with E-state index in [1.54, 1.807) is 6.92 Å². The first-order valence-electron chi connectivity index (χ1n) is 13.1. The molecule has 1 fully saturated rings. The number of nitrogens with zero attached hydrogens (tertiary/aromatic N) is 2. The van der Waals surface area contributed by atoms with Crippen LogP contribution in [-0.2, 0) is 32.2 Å². The van der Waals surface area contributed by atoms with E-state index >= 15 is 0 Å². The Hall–Kier alpha value is -3.08. The number of amides is 2. The zero-order valence-corrected chi connectivity index (χ0v) is 23.1. The zero-order valence-electron chi connectivity index (χ0n) is 22.3. The standard InChI is InChI=1S/C28H36F3N3O4S/c1-21(27(36)32-24-13-6-7-14-24)33(19-17-22-10-4-3-5-11-22)26(35)16-9-18-34(39(2,37)38)25-15-8-12-23(20-25)28(29,30)31/h3-5,8,10-12,15,20-21,24H,6-7,9,13-14,16-19H2,1-2H3,(H,32,36). The van der Waals surface area contributed by atoms with Crippen molar-refractivity contribution in [3.63, 3.8) is 0 Å². The van der Waals surface area contributed by atoms with Crippen molar-refractivity contribution < 1.29 is 31.2 Å². The molecule has 1 aliphatic carbocycles. The molecule has 0 aromatic heterocycles. The molecule has 0 bridgehead atoms. The van der Waals surface area contributed by atoms with Crippen molar-refractivity contribution in [1.82, 2.24) is 10.2 Å². The van der Waals surface area contributed by atoms with Gasteiger partial charge in [-0.15, -0.1) is 0 Å². The normalized spacial score (nSPS) is 15.1. The van der Waals surface area contributed by atoms with E-state index in [0.29, 0.717) is 13.0 Å². The summed E-state index contributed by atoms with van der Waals surface area (Å²) in [6, 6.07) is 13.0. The minimum Gasteiger partial charge on any atom is -0.352 e. The van der Waals surface area contributed by atoms with E-state index < -0.39 is 27.8 Å². The van der Waals surface area contributed by atoms with Crippen molar-refractivity contribution in [2.45, 2.75) is 70.1 Å². The number of alkyl halides is 3. The van der Waals surface area contributed by atoms with E-state index in [2.05, 4.69) is 5.32 Å². The van der Waals surface area contributed by atoms with Crippen molar-refractivity contribution in [1.29, 1.82) is 0 Å². The topological polar surface area (TPSA) is 86.8 Å². The Balaban J connectivity index is 1.70. The van der Waals surface area contributed by atoms with Crippen LogP contribution in [0.4, 0.5) is 18.9 Å². The molecule has 3 rings (SSSR count). The van der Waals surface area contributed by atoms with Crippen molar-refractivity contribution in [3.05, 3.63) is 65.7 Å². The average Bonchev–Trinajstić information content (AvgIpc) is 3.39. The van der Waals surface area contributed by atoms with Gasteiger partial charge in [-0.2, -0.15) is 13.2 Å². The van der Waals surface area contributed by atoms with Crippen LogP contribution in [0.3, 0.4) is 0 Å². The Labute approximate surface area is 228 Å². The van der Waals surface area contributed by atoms with Gasteiger partial charge in [0.05, 0.1) is 17.5 Å². The second-order valence-corrected chi connectivity index (χ2v) is 11.9. The van der Waals surface area contributed by atoms with Gasteiger partial charge in [0.2, 0.25) is 21.8 Å². The minimum atomic E-state index is -4.62. The summed E-state index contributed by atoms with van der Waals surface area (Å²) in [6.07, 6.45) is 0.757. The van der Waals surface area contributed by atoms with Crippen molar-refractivity contribution >= 4 is 27.5 Å². The molecule has 1 saturated carbocycles. The smallest absolute Gasteiger partial charge is 0.352 e. The maximum atomic E-state index is 13.3. The summed E-state index contributed by atoms with van der Waals surface area (Å²) < 4.78 is 65.3. The van der Waals surface area contributed by atoms with E-state index in [1.165, 1.54) is 11.0 Å². The first-order chi connectivity index (χ1) is 18.4. The molecular formula is C28H36F3N3O4S. The van der Waals surface area contributed by atoms with E-state index in [9.17, 15) is 31.2 Å². The van der Waals surface area contributed by atoms with Crippen LogP contribution in [0.1, 0.15) is 56.6 Å². The van der Waals surface area contributed by atoms with Crippen LogP contribution in [-0.4, -0.2) is 56.6 Å². The van der Waals surface area contributed by atoms with Gasteiger partial charge in [-0.25, -0.2) is 8.42 Å². The van der Waals surface area contributed by atoms with Crippen LogP contribution in [0.15, 0.2) is 54.6 Å². The molecule has 39 heavy (non-hydrogen) atoms. The number of hydrogen-bond donors (Lipinski definition) is 1. The highest BCUT2D eigenvalue weighted by Gasteiger charge is 2.32. The minimum absolute atomic E-state index is 0.0686. The van der Waals surface area contributed by atoms with E-state index in [-0.39, 0.29) is 42.9 Å². The fraction of sp³-hybridized carbons (Fsp3) is 0.500. The molecule has 11 heteroatoms. The summed E-state index contributed by atoms with van der Waals surface area (Å²) in [7, 11) is -3.91. The molecule has 0 spiro atoms. The third-order valence-electron chi connectivity index (χ3n) is 6.97. The van der Waals surface area contributed by atoms with Crippen LogP contribution in [0.25, 0.3) is 0 Å². The highest BCUT2D eigenvalue weighted by molar-refractivity contribution is 7.92. The molecule has 2 aromatic rings. The number of carbonyl (C=O) groups excluding carboxylic acids is 2. The Morgan fingerprint density at radius 3 is 2.31 bits per heavy atom. The van der Waals surface area contributed by atoms with Gasteiger partial charge in [-0.3, -0.25) is 13.9 Å². The molecule has 1 atom stereocenters. The number of halogens is 3. The van der Waals surface area contributed by atoms with E-state index in [1.807, 2.05) is 30.3 Å². The molecule has 1 N–H and O–H groups in total. The molecule has 0 heterocycles. The molecule has 7 nitrogen and oxygen atoms in total. The number of anilines is 1. The number of nitrogens with one attached hydrogen (secondary N) is 1. The van der Waals surface area contributed by atoms with Gasteiger partial charge in [0, 0.05) is 25.6 Å². The predicted molar refractivity (Wildman–Crippen MR) is 145 cm³/mol. The number of rotatable bonds is 12. The molecule has 1 unspecified atom stereocenters. The quantitative estimate of drug-likeness (QED) is 0.400. The number of hydrogen-bond acceptors (Lipinski definition) is 4. The van der Waals surface area contributed by atoms with Gasteiger partial charge in [-0.05, 0) is 56.4 Å². The first-order valence-corrected chi connectivity index (χ1v) is 15.0. The molecule has 0 radical (unpaired) electrons. The van der Waals surface area contributed by atoms with Crippen LogP contribution in [0.5, 0.6) is 0 Å². The summed E-state index contributed by atoms with van der Waals surface area (Å²) >= 11 is 0. The van der Waals surface area contributed by atoms with Gasteiger partial charge in [0.25, 0.3) is 0 Å². The van der Waals surface area contributed by atoms with Gasteiger partial charge in [0.1, 0.15) is 6.04 Å². The third-order valence-corrected chi connectivity index (χ3v) is 8.16. The second kappa shape index (κ2) is 13.3. The fourth-order valence-electron chi connectivity index (χ4n) is 4.80. The van der Waals surface area contributed by atoms with Crippen LogP contribution < -0.4 is 9.62 Å². The maximum Gasteiger partial charge on any atom is 0.416 e. The molecule has 0 aliphatic heterocycles. The zero-order chi connectivity index (χ0) is 28.6. The monoisotopic (exact) mass is 567 g/mol. The Bertz CT molecular complexity index is 1220. The lowest BCUT2D eigenvalue weighted by Crippen LogP contribution is -2.50. The van der Waals surface area contributed by atoms with Crippen molar-refractivity contribution in [2.75, 3.05) is 23.7 Å². The number of carbonyl (C=O) groups is 2. The Morgan fingerprint density at radius 2 is 1.69 bits per heavy atom. The molecule has 214 valence electrons. The van der Waals surface area contributed by atoms with Crippen LogP contribution in [0, 0.1) is 0 Å². The van der Waals surface area contributed by atoms with Crippen LogP contribution >= 0.6 is 0 Å². The number of benzene rings is 2.